The first-order valence-corrected chi connectivity index (χ1v) is 12.1. The Morgan fingerprint density at radius 1 is 1.11 bits per heavy atom. The molecule has 2 aromatic carbocycles. The lowest BCUT2D eigenvalue weighted by Gasteiger charge is -2.14. The summed E-state index contributed by atoms with van der Waals surface area (Å²) >= 11 is 6.66. The molecule has 3 rings (SSSR count). The van der Waals surface area contributed by atoms with Gasteiger partial charge in [0.2, 0.25) is 5.91 Å². The number of ether oxygens (including phenoxy) is 2. The molecule has 0 unspecified atom stereocenters. The van der Waals surface area contributed by atoms with Crippen LogP contribution in [0.2, 0.25) is 0 Å². The van der Waals surface area contributed by atoms with Gasteiger partial charge in [-0.15, -0.1) is 0 Å². The van der Waals surface area contributed by atoms with Crippen LogP contribution in [0.1, 0.15) is 31.2 Å². The number of hydrogen-bond donors (Lipinski definition) is 1. The molecule has 0 bridgehead atoms. The number of nitrogens with one attached hydrogen (secondary N) is 1. The first-order valence-electron chi connectivity index (χ1n) is 10.8. The van der Waals surface area contributed by atoms with Gasteiger partial charge in [-0.3, -0.25) is 24.6 Å². The number of nitrogens with zero attached hydrogens (tertiary/aromatic N) is 2. The molecule has 1 saturated heterocycles. The summed E-state index contributed by atoms with van der Waals surface area (Å²) in [4.78, 5) is 37.3. The van der Waals surface area contributed by atoms with Crippen LogP contribution in [-0.2, 0) is 9.59 Å². The molecule has 0 aromatic heterocycles. The Morgan fingerprint density at radius 3 is 2.49 bits per heavy atom. The zero-order valence-corrected chi connectivity index (χ0v) is 20.9. The van der Waals surface area contributed by atoms with Crippen molar-refractivity contribution in [2.45, 2.75) is 25.7 Å². The van der Waals surface area contributed by atoms with E-state index in [9.17, 15) is 19.7 Å². The summed E-state index contributed by atoms with van der Waals surface area (Å²) in [5.74, 6) is 0.890. The molecule has 0 saturated carbocycles. The molecule has 11 heteroatoms. The number of nitro groups is 1. The Hall–Kier alpha value is -3.44. The van der Waals surface area contributed by atoms with E-state index < -0.39 is 4.92 Å². The minimum atomic E-state index is -0.490. The maximum absolute atomic E-state index is 12.8. The number of thioether (sulfide) groups is 1. The second kappa shape index (κ2) is 12.3. The number of hydrogen-bond acceptors (Lipinski definition) is 8. The van der Waals surface area contributed by atoms with Crippen LogP contribution in [0.4, 0.5) is 11.4 Å². The Kier molecular flexibility index (Phi) is 9.21. The molecule has 2 aromatic rings. The summed E-state index contributed by atoms with van der Waals surface area (Å²) in [5, 5.41) is 13.4. The fourth-order valence-electron chi connectivity index (χ4n) is 3.41. The number of thiocarbonyl (C=S) groups is 1. The maximum atomic E-state index is 12.8. The highest BCUT2D eigenvalue weighted by Gasteiger charge is 2.31. The molecule has 0 spiro atoms. The third kappa shape index (κ3) is 7.03. The predicted octanol–water partition coefficient (Wildman–Crippen LogP) is 5.01. The van der Waals surface area contributed by atoms with Gasteiger partial charge < -0.3 is 14.8 Å². The number of unbranched alkanes of at least 4 members (excludes halogenated alkanes) is 2. The van der Waals surface area contributed by atoms with Crippen molar-refractivity contribution in [1.29, 1.82) is 0 Å². The first kappa shape index (κ1) is 26.2. The molecule has 184 valence electrons. The number of benzene rings is 2. The molecule has 0 radical (unpaired) electrons. The van der Waals surface area contributed by atoms with Crippen LogP contribution in [0.5, 0.6) is 11.5 Å². The van der Waals surface area contributed by atoms with Gasteiger partial charge in [0.05, 0.1) is 24.0 Å². The summed E-state index contributed by atoms with van der Waals surface area (Å²) in [6.45, 7) is 0.484. The van der Waals surface area contributed by atoms with Crippen molar-refractivity contribution in [2.75, 3.05) is 26.1 Å². The Morgan fingerprint density at radius 2 is 1.83 bits per heavy atom. The van der Waals surface area contributed by atoms with Crippen LogP contribution in [0.3, 0.4) is 0 Å². The molecule has 1 fully saturated rings. The van der Waals surface area contributed by atoms with Crippen LogP contribution < -0.4 is 14.8 Å². The smallest absolute Gasteiger partial charge is 0.269 e. The highest BCUT2D eigenvalue weighted by Crippen LogP contribution is 2.34. The van der Waals surface area contributed by atoms with E-state index in [1.165, 1.54) is 36.0 Å². The number of rotatable bonds is 11. The number of amides is 2. The van der Waals surface area contributed by atoms with E-state index in [0.717, 1.165) is 12.0 Å². The van der Waals surface area contributed by atoms with Crippen molar-refractivity contribution in [3.63, 3.8) is 0 Å². The molecular weight excluding hydrogens is 490 g/mol. The van der Waals surface area contributed by atoms with E-state index in [2.05, 4.69) is 5.32 Å². The SMILES string of the molecule is COc1ccc(/C=C2\SC(=S)N(CCCCCC(=O)Nc3ccc([N+](=O)[O-])cc3)C2=O)cc1OC. The van der Waals surface area contributed by atoms with Crippen LogP contribution in [0, 0.1) is 10.1 Å². The van der Waals surface area contributed by atoms with Gasteiger partial charge in [0.15, 0.2) is 11.5 Å². The second-order valence-corrected chi connectivity index (χ2v) is 9.29. The lowest BCUT2D eigenvalue weighted by molar-refractivity contribution is -0.384. The fourth-order valence-corrected chi connectivity index (χ4v) is 4.72. The molecule has 0 aliphatic carbocycles. The number of anilines is 1. The quantitative estimate of drug-likeness (QED) is 0.146. The molecule has 1 N–H and O–H groups in total. The average molecular weight is 516 g/mol. The summed E-state index contributed by atoms with van der Waals surface area (Å²) < 4.78 is 11.1. The largest absolute Gasteiger partial charge is 0.493 e. The third-order valence-corrected chi connectivity index (χ3v) is 6.60. The Labute approximate surface area is 212 Å². The van der Waals surface area contributed by atoms with Crippen LogP contribution in [0.15, 0.2) is 47.4 Å². The Balaban J connectivity index is 1.44. The predicted molar refractivity (Wildman–Crippen MR) is 140 cm³/mol. The van der Waals surface area contributed by atoms with E-state index in [1.807, 2.05) is 6.07 Å². The summed E-state index contributed by atoms with van der Waals surface area (Å²) in [6, 6.07) is 11.1. The van der Waals surface area contributed by atoms with Gasteiger partial charge in [0.25, 0.3) is 11.6 Å². The monoisotopic (exact) mass is 515 g/mol. The van der Waals surface area contributed by atoms with E-state index >= 15 is 0 Å². The standard InChI is InChI=1S/C24H25N3O6S2/c1-32-19-12-7-16(14-20(19)33-2)15-21-23(29)26(24(34)35-21)13-5-3-4-6-22(28)25-17-8-10-18(11-9-17)27(30)31/h7-12,14-15H,3-6,13H2,1-2H3,(H,25,28)/b21-15-. The lowest BCUT2D eigenvalue weighted by Crippen LogP contribution is -2.29. The van der Waals surface area contributed by atoms with Gasteiger partial charge in [-0.25, -0.2) is 0 Å². The van der Waals surface area contributed by atoms with E-state index in [0.29, 0.717) is 52.2 Å². The van der Waals surface area contributed by atoms with Crippen LogP contribution in [-0.4, -0.2) is 46.7 Å². The lowest BCUT2D eigenvalue weighted by atomic mass is 10.1. The minimum absolute atomic E-state index is 0.0303. The molecule has 2 amide bonds. The van der Waals surface area contributed by atoms with Gasteiger partial charge in [-0.1, -0.05) is 36.5 Å². The molecule has 1 aliphatic rings. The summed E-state index contributed by atoms with van der Waals surface area (Å²) in [5.41, 5.74) is 1.29. The number of non-ortho nitro benzene ring substituents is 1. The third-order valence-electron chi connectivity index (χ3n) is 5.23. The maximum Gasteiger partial charge on any atom is 0.269 e. The van der Waals surface area contributed by atoms with Crippen molar-refractivity contribution in [1.82, 2.24) is 4.90 Å². The molecule has 1 aliphatic heterocycles. The normalized spacial score (nSPS) is 14.3. The van der Waals surface area contributed by atoms with Gasteiger partial charge in [0, 0.05) is 30.8 Å². The molecule has 0 atom stereocenters. The van der Waals surface area contributed by atoms with Crippen molar-refractivity contribution in [3.05, 3.63) is 63.0 Å². The summed E-state index contributed by atoms with van der Waals surface area (Å²) in [6.07, 6.45) is 4.20. The van der Waals surface area contributed by atoms with Crippen molar-refractivity contribution < 1.29 is 24.0 Å². The number of nitro benzene ring substituents is 1. The van der Waals surface area contributed by atoms with Gasteiger partial charge in [-0.2, -0.15) is 0 Å². The van der Waals surface area contributed by atoms with Gasteiger partial charge in [-0.05, 0) is 48.7 Å². The molecule has 1 heterocycles. The van der Waals surface area contributed by atoms with Crippen molar-refractivity contribution in [2.24, 2.45) is 0 Å². The van der Waals surface area contributed by atoms with E-state index in [4.69, 9.17) is 21.7 Å². The zero-order chi connectivity index (χ0) is 25.4. The van der Waals surface area contributed by atoms with E-state index in [-0.39, 0.29) is 17.5 Å². The second-order valence-electron chi connectivity index (χ2n) is 7.61. The first-order chi connectivity index (χ1) is 16.8. The van der Waals surface area contributed by atoms with Gasteiger partial charge in [0.1, 0.15) is 4.32 Å². The summed E-state index contributed by atoms with van der Waals surface area (Å²) in [7, 11) is 3.12. The number of methoxy groups -OCH3 is 2. The van der Waals surface area contributed by atoms with Crippen LogP contribution >= 0.6 is 24.0 Å². The molecule has 9 nitrogen and oxygen atoms in total. The molecular formula is C24H25N3O6S2. The van der Waals surface area contributed by atoms with Crippen molar-refractivity contribution >= 4 is 57.6 Å². The topological polar surface area (TPSA) is 111 Å². The average Bonchev–Trinajstić information content (AvgIpc) is 3.11. The van der Waals surface area contributed by atoms with E-state index in [1.54, 1.807) is 37.3 Å². The fraction of sp³-hybridized carbons (Fsp3) is 0.292. The number of carbonyl (C=O) groups is 2. The van der Waals surface area contributed by atoms with Gasteiger partial charge >= 0.3 is 0 Å². The van der Waals surface area contributed by atoms with Crippen LogP contribution in [0.25, 0.3) is 6.08 Å². The van der Waals surface area contributed by atoms with Crippen molar-refractivity contribution in [3.8, 4) is 11.5 Å². The Bertz CT molecular complexity index is 1150. The highest BCUT2D eigenvalue weighted by molar-refractivity contribution is 8.26. The minimum Gasteiger partial charge on any atom is -0.493 e. The number of carbonyl (C=O) groups excluding carboxylic acids is 2. The highest BCUT2D eigenvalue weighted by atomic mass is 32.2. The zero-order valence-electron chi connectivity index (χ0n) is 19.3. The molecule has 35 heavy (non-hydrogen) atoms.